The van der Waals surface area contributed by atoms with Crippen LogP contribution >= 0.6 is 0 Å². The quantitative estimate of drug-likeness (QED) is 0.256. The van der Waals surface area contributed by atoms with Gasteiger partial charge in [0.15, 0.2) is 0 Å². The molecule has 2 aliphatic heterocycles. The standard InChI is InChI=1S/C32H50N6O3/c1-4-5-6-14-34-30-28(24(2)35-32(33)36-30)23-25-8-10-26(11-9-25)29(27-12-16-37(3)17-13-27)31(39)41-20-7-15-38-18-21-40-22-19-38/h8-11,27,29H,4-7,12-23H2,1-3H3,(H3,33,34,35,36). The summed E-state index contributed by atoms with van der Waals surface area (Å²) in [5.74, 6) is 1.08. The number of carbonyl (C=O) groups excluding carboxylic acids is 1. The molecule has 226 valence electrons. The number of likely N-dealkylation sites (tertiary alicyclic amines) is 1. The van der Waals surface area contributed by atoms with E-state index in [-0.39, 0.29) is 17.8 Å². The first-order chi connectivity index (χ1) is 19.9. The zero-order chi connectivity index (χ0) is 29.0. The summed E-state index contributed by atoms with van der Waals surface area (Å²) in [5.41, 5.74) is 10.1. The zero-order valence-electron chi connectivity index (χ0n) is 25.4. The highest BCUT2D eigenvalue weighted by Crippen LogP contribution is 2.34. The Hall–Kier alpha value is -2.75. The Labute approximate surface area is 246 Å². The minimum Gasteiger partial charge on any atom is -0.465 e. The van der Waals surface area contributed by atoms with Gasteiger partial charge >= 0.3 is 5.97 Å². The number of hydrogen-bond acceptors (Lipinski definition) is 9. The lowest BCUT2D eigenvalue weighted by atomic mass is 9.80. The summed E-state index contributed by atoms with van der Waals surface area (Å²) >= 11 is 0. The molecule has 0 aliphatic carbocycles. The molecule has 2 saturated heterocycles. The van der Waals surface area contributed by atoms with Crippen molar-refractivity contribution in [3.05, 3.63) is 46.6 Å². The van der Waals surface area contributed by atoms with Gasteiger partial charge in [-0.2, -0.15) is 4.98 Å². The highest BCUT2D eigenvalue weighted by atomic mass is 16.5. The van der Waals surface area contributed by atoms with Gasteiger partial charge in [-0.25, -0.2) is 4.98 Å². The summed E-state index contributed by atoms with van der Waals surface area (Å²) in [6.45, 7) is 12.0. The van der Waals surface area contributed by atoms with E-state index >= 15 is 0 Å². The van der Waals surface area contributed by atoms with E-state index < -0.39 is 0 Å². The lowest BCUT2D eigenvalue weighted by molar-refractivity contribution is -0.147. The summed E-state index contributed by atoms with van der Waals surface area (Å²) in [4.78, 5) is 27.2. The van der Waals surface area contributed by atoms with E-state index in [1.54, 1.807) is 0 Å². The van der Waals surface area contributed by atoms with E-state index in [0.29, 0.717) is 19.0 Å². The summed E-state index contributed by atoms with van der Waals surface area (Å²) < 4.78 is 11.3. The number of piperidine rings is 1. The molecule has 0 spiro atoms. The number of hydrogen-bond donors (Lipinski definition) is 2. The van der Waals surface area contributed by atoms with Crippen LogP contribution in [-0.4, -0.2) is 91.9 Å². The van der Waals surface area contributed by atoms with Gasteiger partial charge in [-0.3, -0.25) is 9.69 Å². The van der Waals surface area contributed by atoms with Gasteiger partial charge in [0, 0.05) is 43.9 Å². The van der Waals surface area contributed by atoms with Crippen LogP contribution in [0, 0.1) is 12.8 Å². The van der Waals surface area contributed by atoms with Crippen LogP contribution in [0.2, 0.25) is 0 Å². The number of benzene rings is 1. The fourth-order valence-electron chi connectivity index (χ4n) is 5.94. The molecular weight excluding hydrogens is 516 g/mol. The van der Waals surface area contributed by atoms with Crippen molar-refractivity contribution in [2.75, 3.05) is 77.2 Å². The number of nitrogens with one attached hydrogen (secondary N) is 1. The molecule has 41 heavy (non-hydrogen) atoms. The number of anilines is 2. The predicted octanol–water partition coefficient (Wildman–Crippen LogP) is 4.25. The van der Waals surface area contributed by atoms with Crippen molar-refractivity contribution in [1.82, 2.24) is 19.8 Å². The molecule has 2 fully saturated rings. The lowest BCUT2D eigenvalue weighted by Gasteiger charge is -2.33. The first-order valence-corrected chi connectivity index (χ1v) is 15.6. The maximum Gasteiger partial charge on any atom is 0.313 e. The van der Waals surface area contributed by atoms with Crippen molar-refractivity contribution < 1.29 is 14.3 Å². The molecule has 0 bridgehead atoms. The normalized spacial score (nSPS) is 17.8. The Kier molecular flexibility index (Phi) is 12.2. The van der Waals surface area contributed by atoms with E-state index in [1.807, 2.05) is 6.92 Å². The third kappa shape index (κ3) is 9.38. The molecule has 1 aromatic heterocycles. The first-order valence-electron chi connectivity index (χ1n) is 15.6. The summed E-state index contributed by atoms with van der Waals surface area (Å²) in [6.07, 6.45) is 7.00. The molecule has 3 heterocycles. The Bertz CT molecular complexity index is 1080. The molecule has 3 N–H and O–H groups in total. The number of rotatable bonds is 14. The minimum atomic E-state index is -0.237. The molecular formula is C32H50N6O3. The molecule has 0 amide bonds. The fraction of sp³-hybridized carbons (Fsp3) is 0.656. The van der Waals surface area contributed by atoms with Crippen LogP contribution < -0.4 is 11.1 Å². The van der Waals surface area contributed by atoms with Gasteiger partial charge in [-0.15, -0.1) is 0 Å². The summed E-state index contributed by atoms with van der Waals surface area (Å²) in [6, 6.07) is 8.52. The number of nitrogens with two attached hydrogens (primary N) is 1. The van der Waals surface area contributed by atoms with Crippen LogP contribution in [0.4, 0.5) is 11.8 Å². The van der Waals surface area contributed by atoms with Crippen molar-refractivity contribution >= 4 is 17.7 Å². The van der Waals surface area contributed by atoms with Crippen molar-refractivity contribution in [3.8, 4) is 0 Å². The molecule has 1 unspecified atom stereocenters. The van der Waals surface area contributed by atoms with Crippen LogP contribution in [0.15, 0.2) is 24.3 Å². The zero-order valence-corrected chi connectivity index (χ0v) is 25.4. The SMILES string of the molecule is CCCCCNc1nc(N)nc(C)c1Cc1ccc(C(C(=O)OCCCN2CCOCC2)C2CCN(C)CC2)cc1. The number of unbranched alkanes of at least 4 members (excludes halogenated alkanes) is 2. The summed E-state index contributed by atoms with van der Waals surface area (Å²) in [7, 11) is 2.15. The number of morpholine rings is 1. The van der Waals surface area contributed by atoms with Crippen LogP contribution in [0.25, 0.3) is 0 Å². The van der Waals surface area contributed by atoms with Crippen LogP contribution in [0.3, 0.4) is 0 Å². The van der Waals surface area contributed by atoms with Gasteiger partial charge in [0.2, 0.25) is 5.95 Å². The van der Waals surface area contributed by atoms with E-state index in [9.17, 15) is 4.79 Å². The topological polar surface area (TPSA) is 106 Å². The second kappa shape index (κ2) is 16.0. The molecule has 0 saturated carbocycles. The monoisotopic (exact) mass is 566 g/mol. The van der Waals surface area contributed by atoms with Crippen molar-refractivity contribution in [3.63, 3.8) is 0 Å². The number of aromatic nitrogens is 2. The molecule has 1 atom stereocenters. The molecule has 2 aliphatic rings. The van der Waals surface area contributed by atoms with Gasteiger partial charge in [-0.05, 0) is 69.8 Å². The number of carbonyl (C=O) groups is 1. The van der Waals surface area contributed by atoms with Crippen molar-refractivity contribution in [1.29, 1.82) is 0 Å². The summed E-state index contributed by atoms with van der Waals surface area (Å²) in [5, 5.41) is 3.48. The minimum absolute atomic E-state index is 0.0874. The number of nitrogen functional groups attached to an aromatic ring is 1. The largest absolute Gasteiger partial charge is 0.465 e. The smallest absolute Gasteiger partial charge is 0.313 e. The van der Waals surface area contributed by atoms with Gasteiger partial charge < -0.3 is 25.4 Å². The average molecular weight is 567 g/mol. The lowest BCUT2D eigenvalue weighted by Crippen LogP contribution is -2.37. The van der Waals surface area contributed by atoms with E-state index in [2.05, 4.69) is 63.3 Å². The Balaban J connectivity index is 1.43. The average Bonchev–Trinajstić information content (AvgIpc) is 2.97. The number of esters is 1. The van der Waals surface area contributed by atoms with Gasteiger partial charge in [0.1, 0.15) is 5.82 Å². The number of ether oxygens (including phenoxy) is 2. The van der Waals surface area contributed by atoms with E-state index in [0.717, 1.165) is 106 Å². The highest BCUT2D eigenvalue weighted by Gasteiger charge is 2.33. The second-order valence-electron chi connectivity index (χ2n) is 11.6. The van der Waals surface area contributed by atoms with Crippen molar-refractivity contribution in [2.24, 2.45) is 5.92 Å². The third-order valence-corrected chi connectivity index (χ3v) is 8.48. The van der Waals surface area contributed by atoms with E-state index in [1.165, 1.54) is 12.8 Å². The molecule has 2 aromatic rings. The van der Waals surface area contributed by atoms with Gasteiger partial charge in [-0.1, -0.05) is 44.0 Å². The molecule has 0 radical (unpaired) electrons. The molecule has 9 heteroatoms. The fourth-order valence-corrected chi connectivity index (χ4v) is 5.94. The van der Waals surface area contributed by atoms with E-state index in [4.69, 9.17) is 15.2 Å². The van der Waals surface area contributed by atoms with Crippen LogP contribution in [-0.2, 0) is 20.7 Å². The Morgan fingerprint density at radius 3 is 2.54 bits per heavy atom. The number of nitrogens with zero attached hydrogens (tertiary/aromatic N) is 4. The van der Waals surface area contributed by atoms with Crippen LogP contribution in [0.1, 0.15) is 73.8 Å². The second-order valence-corrected chi connectivity index (χ2v) is 11.6. The predicted molar refractivity (Wildman–Crippen MR) is 164 cm³/mol. The Morgan fingerprint density at radius 2 is 1.83 bits per heavy atom. The first kappa shape index (κ1) is 31.2. The Morgan fingerprint density at radius 1 is 1.10 bits per heavy atom. The van der Waals surface area contributed by atoms with Crippen LogP contribution in [0.5, 0.6) is 0 Å². The molecule has 4 rings (SSSR count). The van der Waals surface area contributed by atoms with Crippen molar-refractivity contribution in [2.45, 2.75) is 64.7 Å². The maximum absolute atomic E-state index is 13.5. The highest BCUT2D eigenvalue weighted by molar-refractivity contribution is 5.78. The maximum atomic E-state index is 13.5. The van der Waals surface area contributed by atoms with Gasteiger partial charge in [0.25, 0.3) is 0 Å². The van der Waals surface area contributed by atoms with Gasteiger partial charge in [0.05, 0.1) is 25.7 Å². The third-order valence-electron chi connectivity index (χ3n) is 8.48. The molecule has 1 aromatic carbocycles. The molecule has 9 nitrogen and oxygen atoms in total. The number of aryl methyl sites for hydroxylation is 1.